The average molecular weight is 317 g/mol. The Kier molecular flexibility index (Phi) is 3.93. The van der Waals surface area contributed by atoms with E-state index in [0.29, 0.717) is 11.4 Å². The quantitative estimate of drug-likeness (QED) is 0.891. The molecule has 0 amide bonds. The summed E-state index contributed by atoms with van der Waals surface area (Å²) in [6, 6.07) is 16.3. The van der Waals surface area contributed by atoms with Crippen molar-refractivity contribution in [1.29, 1.82) is 0 Å². The van der Waals surface area contributed by atoms with Gasteiger partial charge in [0.1, 0.15) is 5.75 Å². The van der Waals surface area contributed by atoms with Crippen LogP contribution in [0.3, 0.4) is 0 Å². The SMILES string of the molecule is COc1ccccc1C1(CNS(=O)(=O)c2ccccc2)CC1. The first kappa shape index (κ1) is 15.1. The molecule has 0 saturated heterocycles. The van der Waals surface area contributed by atoms with E-state index in [-0.39, 0.29) is 5.41 Å². The van der Waals surface area contributed by atoms with Gasteiger partial charge in [-0.15, -0.1) is 0 Å². The number of hydrogen-bond acceptors (Lipinski definition) is 3. The van der Waals surface area contributed by atoms with Crippen molar-refractivity contribution < 1.29 is 13.2 Å². The van der Waals surface area contributed by atoms with Crippen LogP contribution in [0.4, 0.5) is 0 Å². The van der Waals surface area contributed by atoms with E-state index in [0.717, 1.165) is 24.2 Å². The van der Waals surface area contributed by atoms with Crippen molar-refractivity contribution in [3.8, 4) is 5.75 Å². The Balaban J connectivity index is 1.79. The summed E-state index contributed by atoms with van der Waals surface area (Å²) in [5.41, 5.74) is 0.933. The molecule has 22 heavy (non-hydrogen) atoms. The smallest absolute Gasteiger partial charge is 0.240 e. The van der Waals surface area contributed by atoms with Gasteiger partial charge >= 0.3 is 0 Å². The van der Waals surface area contributed by atoms with Gasteiger partial charge in [-0.05, 0) is 31.0 Å². The molecule has 0 bridgehead atoms. The molecule has 1 fully saturated rings. The van der Waals surface area contributed by atoms with Gasteiger partial charge in [0.25, 0.3) is 0 Å². The Morgan fingerprint density at radius 3 is 2.32 bits per heavy atom. The van der Waals surface area contributed by atoms with Crippen LogP contribution in [0.2, 0.25) is 0 Å². The molecule has 0 aromatic heterocycles. The molecule has 1 N–H and O–H groups in total. The Hall–Kier alpha value is -1.85. The van der Waals surface area contributed by atoms with Crippen LogP contribution >= 0.6 is 0 Å². The number of sulfonamides is 1. The van der Waals surface area contributed by atoms with E-state index >= 15 is 0 Å². The third-order valence-corrected chi connectivity index (χ3v) is 5.60. The second kappa shape index (κ2) is 5.74. The molecule has 4 nitrogen and oxygen atoms in total. The van der Waals surface area contributed by atoms with Crippen LogP contribution in [0.15, 0.2) is 59.5 Å². The van der Waals surface area contributed by atoms with E-state index in [9.17, 15) is 8.42 Å². The Bertz CT molecular complexity index is 752. The minimum atomic E-state index is -3.47. The summed E-state index contributed by atoms with van der Waals surface area (Å²) in [5, 5.41) is 0. The van der Waals surface area contributed by atoms with Crippen molar-refractivity contribution >= 4 is 10.0 Å². The van der Waals surface area contributed by atoms with Gasteiger partial charge in [0, 0.05) is 17.5 Å². The number of rotatable bonds is 6. The fourth-order valence-corrected chi connectivity index (χ4v) is 3.84. The molecule has 1 saturated carbocycles. The van der Waals surface area contributed by atoms with Crippen LogP contribution in [0.5, 0.6) is 5.75 Å². The number of nitrogens with one attached hydrogen (secondary N) is 1. The molecule has 0 heterocycles. The molecular formula is C17H19NO3S. The second-order valence-corrected chi connectivity index (χ2v) is 7.39. The third-order valence-electron chi connectivity index (χ3n) is 4.19. The molecule has 2 aromatic rings. The number of benzene rings is 2. The van der Waals surface area contributed by atoms with Crippen LogP contribution in [0, 0.1) is 0 Å². The highest BCUT2D eigenvalue weighted by Gasteiger charge is 2.46. The summed E-state index contributed by atoms with van der Waals surface area (Å²) in [6.45, 7) is 0.393. The van der Waals surface area contributed by atoms with Gasteiger partial charge in [0.05, 0.1) is 12.0 Å². The highest BCUT2D eigenvalue weighted by Crippen LogP contribution is 2.50. The van der Waals surface area contributed by atoms with Crippen molar-refractivity contribution in [2.75, 3.05) is 13.7 Å². The van der Waals surface area contributed by atoms with E-state index in [1.807, 2.05) is 24.3 Å². The first-order valence-electron chi connectivity index (χ1n) is 7.26. The van der Waals surface area contributed by atoms with Gasteiger partial charge in [-0.1, -0.05) is 36.4 Å². The van der Waals surface area contributed by atoms with Gasteiger partial charge in [0.15, 0.2) is 0 Å². The fraction of sp³-hybridized carbons (Fsp3) is 0.294. The minimum absolute atomic E-state index is 0.144. The predicted octanol–water partition coefficient (Wildman–Crippen LogP) is 2.71. The van der Waals surface area contributed by atoms with Crippen molar-refractivity contribution in [2.24, 2.45) is 0 Å². The third kappa shape index (κ3) is 2.87. The van der Waals surface area contributed by atoms with Crippen LogP contribution in [-0.4, -0.2) is 22.1 Å². The topological polar surface area (TPSA) is 55.4 Å². The zero-order valence-corrected chi connectivity index (χ0v) is 13.3. The van der Waals surface area contributed by atoms with E-state index in [4.69, 9.17) is 4.74 Å². The molecular weight excluding hydrogens is 298 g/mol. The van der Waals surface area contributed by atoms with E-state index in [1.54, 1.807) is 37.4 Å². The van der Waals surface area contributed by atoms with Crippen LogP contribution in [0.1, 0.15) is 18.4 Å². The summed E-state index contributed by atoms with van der Waals surface area (Å²) in [5.74, 6) is 0.818. The molecule has 2 aromatic carbocycles. The predicted molar refractivity (Wildman–Crippen MR) is 85.5 cm³/mol. The summed E-state index contributed by atoms with van der Waals surface area (Å²) in [7, 11) is -1.83. The molecule has 0 radical (unpaired) electrons. The van der Waals surface area contributed by atoms with Crippen molar-refractivity contribution in [3.05, 3.63) is 60.2 Å². The number of ether oxygens (including phenoxy) is 1. The lowest BCUT2D eigenvalue weighted by atomic mass is 9.95. The maximum Gasteiger partial charge on any atom is 0.240 e. The number of para-hydroxylation sites is 1. The summed E-state index contributed by atoms with van der Waals surface area (Å²) in [6.07, 6.45) is 1.93. The fourth-order valence-electron chi connectivity index (χ4n) is 2.69. The van der Waals surface area contributed by atoms with Crippen molar-refractivity contribution in [3.63, 3.8) is 0 Å². The minimum Gasteiger partial charge on any atom is -0.496 e. The Morgan fingerprint density at radius 2 is 1.68 bits per heavy atom. The molecule has 0 aliphatic heterocycles. The van der Waals surface area contributed by atoms with Gasteiger partial charge in [0.2, 0.25) is 10.0 Å². The first-order chi connectivity index (χ1) is 10.6. The van der Waals surface area contributed by atoms with E-state index < -0.39 is 10.0 Å². The Morgan fingerprint density at radius 1 is 1.05 bits per heavy atom. The van der Waals surface area contributed by atoms with Gasteiger partial charge < -0.3 is 4.74 Å². The van der Waals surface area contributed by atoms with Crippen molar-refractivity contribution in [1.82, 2.24) is 4.72 Å². The molecule has 3 rings (SSSR count). The summed E-state index contributed by atoms with van der Waals surface area (Å²) < 4.78 is 32.9. The zero-order chi connectivity index (χ0) is 15.6. The largest absolute Gasteiger partial charge is 0.496 e. The van der Waals surface area contributed by atoms with Crippen LogP contribution in [-0.2, 0) is 15.4 Å². The van der Waals surface area contributed by atoms with Crippen LogP contribution in [0.25, 0.3) is 0 Å². The second-order valence-electron chi connectivity index (χ2n) is 5.62. The summed E-state index contributed by atoms with van der Waals surface area (Å²) >= 11 is 0. The van der Waals surface area contributed by atoms with Gasteiger partial charge in [-0.2, -0.15) is 0 Å². The maximum atomic E-state index is 12.4. The molecule has 1 aliphatic rings. The van der Waals surface area contributed by atoms with Gasteiger partial charge in [-0.3, -0.25) is 0 Å². The highest BCUT2D eigenvalue weighted by atomic mass is 32.2. The molecule has 1 aliphatic carbocycles. The molecule has 0 spiro atoms. The first-order valence-corrected chi connectivity index (χ1v) is 8.74. The van der Waals surface area contributed by atoms with E-state index in [2.05, 4.69) is 4.72 Å². The zero-order valence-electron chi connectivity index (χ0n) is 12.5. The van der Waals surface area contributed by atoms with Crippen molar-refractivity contribution in [2.45, 2.75) is 23.2 Å². The molecule has 0 unspecified atom stereocenters. The normalized spacial score (nSPS) is 16.2. The molecule has 116 valence electrons. The molecule has 5 heteroatoms. The summed E-state index contributed by atoms with van der Waals surface area (Å²) in [4.78, 5) is 0.297. The van der Waals surface area contributed by atoms with E-state index in [1.165, 1.54) is 0 Å². The average Bonchev–Trinajstić information content (AvgIpc) is 3.35. The lowest BCUT2D eigenvalue weighted by Gasteiger charge is -2.19. The number of methoxy groups -OCH3 is 1. The van der Waals surface area contributed by atoms with Gasteiger partial charge in [-0.25, -0.2) is 13.1 Å². The number of hydrogen-bond donors (Lipinski definition) is 1. The van der Waals surface area contributed by atoms with Crippen LogP contribution < -0.4 is 9.46 Å². The Labute approximate surface area is 131 Å². The maximum absolute atomic E-state index is 12.4. The lowest BCUT2D eigenvalue weighted by molar-refractivity contribution is 0.403. The lowest BCUT2D eigenvalue weighted by Crippen LogP contribution is -2.32. The molecule has 0 atom stereocenters. The standard InChI is InChI=1S/C17H19NO3S/c1-21-16-10-6-5-9-15(16)17(11-12-17)13-18-22(19,20)14-7-3-2-4-8-14/h2-10,18H,11-13H2,1H3. The monoisotopic (exact) mass is 317 g/mol. The highest BCUT2D eigenvalue weighted by molar-refractivity contribution is 7.89.